The Hall–Kier alpha value is -0.650. The van der Waals surface area contributed by atoms with Crippen molar-refractivity contribution in [1.29, 1.82) is 0 Å². The van der Waals surface area contributed by atoms with Gasteiger partial charge in [-0.05, 0) is 35.0 Å². The molecule has 0 atom stereocenters. The van der Waals surface area contributed by atoms with Gasteiger partial charge in [0.15, 0.2) is 0 Å². The molecule has 0 fully saturated rings. The molecule has 16 heavy (non-hydrogen) atoms. The summed E-state index contributed by atoms with van der Waals surface area (Å²) in [6.45, 7) is 4.81. The second-order valence-electron chi connectivity index (χ2n) is 3.44. The maximum atomic E-state index is 4.32. The molecule has 1 N–H and O–H groups in total. The minimum absolute atomic E-state index is 0.816. The molecule has 5 heteroatoms. The van der Waals surface area contributed by atoms with Crippen LogP contribution in [0.1, 0.15) is 17.6 Å². The number of imidazole rings is 1. The standard InChI is InChI=1S/C11H14BrN3S/c1-2-15-6-5-14-11(15)8-13-7-9-3-4-10(12)16-9/h3-6,13H,2,7-8H2,1H3. The molecule has 0 aliphatic heterocycles. The van der Waals surface area contributed by atoms with Crippen molar-refractivity contribution in [3.05, 3.63) is 39.0 Å². The predicted molar refractivity (Wildman–Crippen MR) is 70.5 cm³/mol. The highest BCUT2D eigenvalue weighted by Gasteiger charge is 2.01. The fraction of sp³-hybridized carbons (Fsp3) is 0.364. The first-order chi connectivity index (χ1) is 7.79. The van der Waals surface area contributed by atoms with Crippen LogP contribution in [0.2, 0.25) is 0 Å². The number of aryl methyl sites for hydroxylation is 1. The van der Waals surface area contributed by atoms with Gasteiger partial charge in [0.05, 0.1) is 10.3 Å². The maximum absolute atomic E-state index is 4.32. The van der Waals surface area contributed by atoms with Crippen molar-refractivity contribution >= 4 is 27.3 Å². The van der Waals surface area contributed by atoms with E-state index >= 15 is 0 Å². The quantitative estimate of drug-likeness (QED) is 0.920. The highest BCUT2D eigenvalue weighted by molar-refractivity contribution is 9.11. The second kappa shape index (κ2) is 5.61. The Labute approximate surface area is 108 Å². The first-order valence-electron chi connectivity index (χ1n) is 5.24. The van der Waals surface area contributed by atoms with E-state index in [1.54, 1.807) is 11.3 Å². The SMILES string of the molecule is CCn1ccnc1CNCc1ccc(Br)s1. The van der Waals surface area contributed by atoms with Crippen LogP contribution in [0.3, 0.4) is 0 Å². The summed E-state index contributed by atoms with van der Waals surface area (Å²) >= 11 is 5.22. The Balaban J connectivity index is 1.84. The van der Waals surface area contributed by atoms with Crippen LogP contribution < -0.4 is 5.32 Å². The molecule has 2 aromatic heterocycles. The van der Waals surface area contributed by atoms with Crippen LogP contribution in [0.15, 0.2) is 28.3 Å². The Morgan fingerprint density at radius 1 is 1.44 bits per heavy atom. The lowest BCUT2D eigenvalue weighted by Crippen LogP contribution is -2.15. The molecule has 0 radical (unpaired) electrons. The fourth-order valence-corrected chi connectivity index (χ4v) is 2.99. The van der Waals surface area contributed by atoms with Crippen molar-refractivity contribution in [3.8, 4) is 0 Å². The molecule has 2 aromatic rings. The lowest BCUT2D eigenvalue weighted by molar-refractivity contribution is 0.616. The van der Waals surface area contributed by atoms with Crippen molar-refractivity contribution in [1.82, 2.24) is 14.9 Å². The van der Waals surface area contributed by atoms with Gasteiger partial charge >= 0.3 is 0 Å². The van der Waals surface area contributed by atoms with E-state index in [4.69, 9.17) is 0 Å². The van der Waals surface area contributed by atoms with Crippen LogP contribution in [0, 0.1) is 0 Å². The molecule has 0 aromatic carbocycles. The van der Waals surface area contributed by atoms with Gasteiger partial charge in [-0.1, -0.05) is 0 Å². The highest BCUT2D eigenvalue weighted by Crippen LogP contribution is 2.21. The van der Waals surface area contributed by atoms with Gasteiger partial charge in [-0.3, -0.25) is 0 Å². The topological polar surface area (TPSA) is 29.9 Å². The van der Waals surface area contributed by atoms with Crippen LogP contribution in [0.5, 0.6) is 0 Å². The van der Waals surface area contributed by atoms with E-state index < -0.39 is 0 Å². The van der Waals surface area contributed by atoms with E-state index in [0.29, 0.717) is 0 Å². The highest BCUT2D eigenvalue weighted by atomic mass is 79.9. The van der Waals surface area contributed by atoms with Gasteiger partial charge in [-0.15, -0.1) is 11.3 Å². The molecule has 0 saturated heterocycles. The van der Waals surface area contributed by atoms with E-state index in [1.807, 2.05) is 12.4 Å². The van der Waals surface area contributed by atoms with Gasteiger partial charge in [-0.2, -0.15) is 0 Å². The number of thiophene rings is 1. The first kappa shape index (κ1) is 11.8. The third-order valence-corrected chi connectivity index (χ3v) is 3.98. The number of hydrogen-bond donors (Lipinski definition) is 1. The summed E-state index contributed by atoms with van der Waals surface area (Å²) < 4.78 is 3.33. The van der Waals surface area contributed by atoms with Crippen molar-refractivity contribution < 1.29 is 0 Å². The van der Waals surface area contributed by atoms with Gasteiger partial charge in [0.25, 0.3) is 0 Å². The minimum Gasteiger partial charge on any atom is -0.334 e. The number of hydrogen-bond acceptors (Lipinski definition) is 3. The molecule has 0 amide bonds. The zero-order valence-electron chi connectivity index (χ0n) is 9.11. The zero-order chi connectivity index (χ0) is 11.4. The maximum Gasteiger partial charge on any atom is 0.122 e. The summed E-state index contributed by atoms with van der Waals surface area (Å²) in [5.74, 6) is 1.10. The number of nitrogens with zero attached hydrogens (tertiary/aromatic N) is 2. The van der Waals surface area contributed by atoms with Crippen molar-refractivity contribution in [2.24, 2.45) is 0 Å². The summed E-state index contributed by atoms with van der Waals surface area (Å²) in [6.07, 6.45) is 3.86. The van der Waals surface area contributed by atoms with Crippen molar-refractivity contribution in [3.63, 3.8) is 0 Å². The Morgan fingerprint density at radius 2 is 2.31 bits per heavy atom. The van der Waals surface area contributed by atoms with E-state index in [2.05, 4.69) is 49.9 Å². The molecule has 0 bridgehead atoms. The molecule has 0 unspecified atom stereocenters. The normalized spacial score (nSPS) is 10.9. The Kier molecular flexibility index (Phi) is 4.15. The third kappa shape index (κ3) is 2.93. The van der Waals surface area contributed by atoms with Gasteiger partial charge in [0, 0.05) is 30.4 Å². The molecular weight excluding hydrogens is 286 g/mol. The fourth-order valence-electron chi connectivity index (χ4n) is 1.54. The summed E-state index contributed by atoms with van der Waals surface area (Å²) in [4.78, 5) is 5.65. The smallest absolute Gasteiger partial charge is 0.122 e. The van der Waals surface area contributed by atoms with E-state index in [0.717, 1.165) is 25.5 Å². The lowest BCUT2D eigenvalue weighted by atomic mass is 10.4. The molecule has 2 rings (SSSR count). The molecule has 3 nitrogen and oxygen atoms in total. The van der Waals surface area contributed by atoms with Gasteiger partial charge in [0.1, 0.15) is 5.82 Å². The summed E-state index contributed by atoms with van der Waals surface area (Å²) in [6, 6.07) is 4.21. The van der Waals surface area contributed by atoms with Crippen molar-refractivity contribution in [2.45, 2.75) is 26.6 Å². The van der Waals surface area contributed by atoms with Crippen LogP contribution in [0.4, 0.5) is 0 Å². The van der Waals surface area contributed by atoms with Crippen LogP contribution in [-0.4, -0.2) is 9.55 Å². The number of rotatable bonds is 5. The predicted octanol–water partition coefficient (Wildman–Crippen LogP) is 3.02. The van der Waals surface area contributed by atoms with Gasteiger partial charge < -0.3 is 9.88 Å². The van der Waals surface area contributed by atoms with Gasteiger partial charge in [0.2, 0.25) is 0 Å². The third-order valence-electron chi connectivity index (χ3n) is 2.35. The summed E-state index contributed by atoms with van der Waals surface area (Å²) in [5.41, 5.74) is 0. The minimum atomic E-state index is 0.816. The average molecular weight is 300 g/mol. The monoisotopic (exact) mass is 299 g/mol. The van der Waals surface area contributed by atoms with Crippen molar-refractivity contribution in [2.75, 3.05) is 0 Å². The van der Waals surface area contributed by atoms with E-state index in [-0.39, 0.29) is 0 Å². The molecule has 0 spiro atoms. The largest absolute Gasteiger partial charge is 0.334 e. The van der Waals surface area contributed by atoms with Crippen LogP contribution >= 0.6 is 27.3 Å². The molecular formula is C11H14BrN3S. The Bertz CT molecular complexity index is 450. The lowest BCUT2D eigenvalue weighted by Gasteiger charge is -2.05. The van der Waals surface area contributed by atoms with E-state index in [1.165, 1.54) is 8.66 Å². The molecule has 0 aliphatic rings. The second-order valence-corrected chi connectivity index (χ2v) is 5.99. The average Bonchev–Trinajstić information content (AvgIpc) is 2.87. The Morgan fingerprint density at radius 3 is 3.00 bits per heavy atom. The van der Waals surface area contributed by atoms with Crippen LogP contribution in [0.25, 0.3) is 0 Å². The molecule has 0 saturated carbocycles. The summed E-state index contributed by atoms with van der Waals surface area (Å²) in [7, 11) is 0. The zero-order valence-corrected chi connectivity index (χ0v) is 11.5. The summed E-state index contributed by atoms with van der Waals surface area (Å²) in [5, 5.41) is 3.40. The van der Waals surface area contributed by atoms with Gasteiger partial charge in [-0.25, -0.2) is 4.98 Å². The molecule has 0 aliphatic carbocycles. The first-order valence-corrected chi connectivity index (χ1v) is 6.85. The van der Waals surface area contributed by atoms with E-state index in [9.17, 15) is 0 Å². The molecule has 2 heterocycles. The molecule has 86 valence electrons. The van der Waals surface area contributed by atoms with Crippen LogP contribution in [-0.2, 0) is 19.6 Å². The number of nitrogens with one attached hydrogen (secondary N) is 1. The number of aromatic nitrogens is 2. The number of halogens is 1.